The van der Waals surface area contributed by atoms with Gasteiger partial charge >= 0.3 is 0 Å². The summed E-state index contributed by atoms with van der Waals surface area (Å²) in [6.07, 6.45) is 6.67. The maximum atomic E-state index is 12.5. The first kappa shape index (κ1) is 19.0. The Balaban J connectivity index is 1.81. The first-order valence-corrected chi connectivity index (χ1v) is 9.87. The van der Waals surface area contributed by atoms with Gasteiger partial charge in [0.25, 0.3) is 0 Å². The van der Waals surface area contributed by atoms with Crippen LogP contribution in [-0.2, 0) is 10.2 Å². The van der Waals surface area contributed by atoms with Crippen molar-refractivity contribution >= 4 is 23.3 Å². The van der Waals surface area contributed by atoms with Crippen molar-refractivity contribution in [3.8, 4) is 5.69 Å². The molecule has 3 rings (SSSR count). The highest BCUT2D eigenvalue weighted by Crippen LogP contribution is 2.30. The number of hydrogen-bond acceptors (Lipinski definition) is 2. The lowest BCUT2D eigenvalue weighted by molar-refractivity contribution is -0.116. The van der Waals surface area contributed by atoms with E-state index in [1.807, 2.05) is 30.3 Å². The SMILES string of the molecule is CC(C)(C)c1cc(NC(=O)CCC2CCCC2)n(-c2ccccc2Cl)n1. The predicted molar refractivity (Wildman–Crippen MR) is 107 cm³/mol. The molecule has 0 atom stereocenters. The summed E-state index contributed by atoms with van der Waals surface area (Å²) in [6, 6.07) is 9.51. The number of carbonyl (C=O) groups excluding carboxylic acids is 1. The van der Waals surface area contributed by atoms with Gasteiger partial charge in [0.05, 0.1) is 16.4 Å². The van der Waals surface area contributed by atoms with E-state index in [2.05, 4.69) is 26.1 Å². The van der Waals surface area contributed by atoms with Crippen molar-refractivity contribution in [2.45, 2.75) is 64.7 Å². The number of aromatic nitrogens is 2. The number of rotatable bonds is 5. The molecule has 1 aliphatic carbocycles. The van der Waals surface area contributed by atoms with Crippen molar-refractivity contribution in [3.63, 3.8) is 0 Å². The van der Waals surface area contributed by atoms with Gasteiger partial charge in [0.2, 0.25) is 5.91 Å². The van der Waals surface area contributed by atoms with E-state index in [1.54, 1.807) is 4.68 Å². The summed E-state index contributed by atoms with van der Waals surface area (Å²) in [5.41, 5.74) is 1.58. The third kappa shape index (κ3) is 4.47. The Morgan fingerprint density at radius 2 is 1.96 bits per heavy atom. The number of benzene rings is 1. The van der Waals surface area contributed by atoms with E-state index < -0.39 is 0 Å². The van der Waals surface area contributed by atoms with Crippen LogP contribution < -0.4 is 5.32 Å². The molecule has 1 aromatic heterocycles. The van der Waals surface area contributed by atoms with E-state index in [1.165, 1.54) is 25.7 Å². The van der Waals surface area contributed by atoms with E-state index in [-0.39, 0.29) is 11.3 Å². The molecule has 5 heteroatoms. The average Bonchev–Trinajstić information content (AvgIpc) is 3.23. The fraction of sp³-hybridized carbons (Fsp3) is 0.524. The lowest BCUT2D eigenvalue weighted by Crippen LogP contribution is -2.16. The molecule has 4 nitrogen and oxygen atoms in total. The predicted octanol–water partition coefficient (Wildman–Crippen LogP) is 5.73. The Morgan fingerprint density at radius 3 is 2.62 bits per heavy atom. The highest BCUT2D eigenvalue weighted by atomic mass is 35.5. The van der Waals surface area contributed by atoms with Crippen molar-refractivity contribution in [1.82, 2.24) is 9.78 Å². The first-order chi connectivity index (χ1) is 12.3. The second-order valence-corrected chi connectivity index (χ2v) is 8.67. The van der Waals surface area contributed by atoms with Crippen LogP contribution in [0.4, 0.5) is 5.82 Å². The summed E-state index contributed by atoms with van der Waals surface area (Å²) in [5.74, 6) is 1.43. The molecule has 0 spiro atoms. The Labute approximate surface area is 160 Å². The van der Waals surface area contributed by atoms with Gasteiger partial charge in [0.15, 0.2) is 0 Å². The van der Waals surface area contributed by atoms with Gasteiger partial charge in [-0.3, -0.25) is 4.79 Å². The van der Waals surface area contributed by atoms with Gasteiger partial charge in [-0.15, -0.1) is 0 Å². The number of amides is 1. The van der Waals surface area contributed by atoms with Crippen molar-refractivity contribution in [3.05, 3.63) is 41.0 Å². The van der Waals surface area contributed by atoms with Crippen LogP contribution in [0.5, 0.6) is 0 Å². The molecule has 0 bridgehead atoms. The minimum absolute atomic E-state index is 0.0468. The molecule has 1 N–H and O–H groups in total. The molecule has 26 heavy (non-hydrogen) atoms. The van der Waals surface area contributed by atoms with E-state index in [0.717, 1.165) is 17.8 Å². The molecule has 140 valence electrons. The van der Waals surface area contributed by atoms with Crippen molar-refractivity contribution < 1.29 is 4.79 Å². The van der Waals surface area contributed by atoms with E-state index in [0.29, 0.717) is 23.2 Å². The number of nitrogens with zero attached hydrogens (tertiary/aromatic N) is 2. The number of hydrogen-bond donors (Lipinski definition) is 1. The molecule has 1 amide bonds. The molecule has 0 aliphatic heterocycles. The quantitative estimate of drug-likeness (QED) is 0.727. The normalized spacial score (nSPS) is 15.4. The smallest absolute Gasteiger partial charge is 0.225 e. The third-order valence-corrected chi connectivity index (χ3v) is 5.40. The van der Waals surface area contributed by atoms with Gasteiger partial charge in [-0.05, 0) is 24.5 Å². The standard InChI is InChI=1S/C21H28ClN3O/c1-21(2,3)18-14-19(23-20(26)13-12-15-8-4-5-9-15)25(24-18)17-11-7-6-10-16(17)22/h6-7,10-11,14-15H,4-5,8-9,12-13H2,1-3H3,(H,23,26). The summed E-state index contributed by atoms with van der Waals surface area (Å²) in [4.78, 5) is 12.5. The van der Waals surface area contributed by atoms with Gasteiger partial charge in [-0.2, -0.15) is 5.10 Å². The van der Waals surface area contributed by atoms with E-state index >= 15 is 0 Å². The minimum atomic E-state index is -0.115. The molecule has 0 unspecified atom stereocenters. The lowest BCUT2D eigenvalue weighted by atomic mass is 9.92. The molecule has 2 aromatic rings. The molecular formula is C21H28ClN3O. The first-order valence-electron chi connectivity index (χ1n) is 9.50. The maximum absolute atomic E-state index is 12.5. The van der Waals surface area contributed by atoms with Crippen LogP contribution in [0.25, 0.3) is 5.69 Å². The average molecular weight is 374 g/mol. The van der Waals surface area contributed by atoms with Crippen molar-refractivity contribution in [2.24, 2.45) is 5.92 Å². The zero-order valence-corrected chi connectivity index (χ0v) is 16.6. The van der Waals surface area contributed by atoms with Crippen LogP contribution in [0, 0.1) is 5.92 Å². The molecule has 1 aliphatic rings. The number of halogens is 1. The second kappa shape index (κ2) is 7.83. The van der Waals surface area contributed by atoms with Crippen LogP contribution in [-0.4, -0.2) is 15.7 Å². The largest absolute Gasteiger partial charge is 0.311 e. The van der Waals surface area contributed by atoms with Gasteiger partial charge in [-0.25, -0.2) is 4.68 Å². The van der Waals surface area contributed by atoms with Gasteiger partial charge in [-0.1, -0.05) is 70.2 Å². The monoisotopic (exact) mass is 373 g/mol. The molecule has 1 fully saturated rings. The summed E-state index contributed by atoms with van der Waals surface area (Å²) in [5, 5.41) is 8.39. The Kier molecular flexibility index (Phi) is 5.71. The molecule has 0 radical (unpaired) electrons. The maximum Gasteiger partial charge on any atom is 0.225 e. The Bertz CT molecular complexity index is 770. The van der Waals surface area contributed by atoms with Crippen molar-refractivity contribution in [2.75, 3.05) is 5.32 Å². The van der Waals surface area contributed by atoms with Crippen LogP contribution in [0.1, 0.15) is 65.0 Å². The number of anilines is 1. The fourth-order valence-electron chi connectivity index (χ4n) is 3.48. The number of carbonyl (C=O) groups is 1. The van der Waals surface area contributed by atoms with Crippen LogP contribution >= 0.6 is 11.6 Å². The summed E-state index contributed by atoms with van der Waals surface area (Å²) in [7, 11) is 0. The Morgan fingerprint density at radius 1 is 1.27 bits per heavy atom. The van der Waals surface area contributed by atoms with Gasteiger partial charge in [0, 0.05) is 17.9 Å². The molecule has 0 saturated heterocycles. The lowest BCUT2D eigenvalue weighted by Gasteiger charge is -2.14. The summed E-state index contributed by atoms with van der Waals surface area (Å²) >= 11 is 6.36. The highest BCUT2D eigenvalue weighted by molar-refractivity contribution is 6.32. The number of para-hydroxylation sites is 1. The zero-order valence-electron chi connectivity index (χ0n) is 15.9. The van der Waals surface area contributed by atoms with Crippen LogP contribution in [0.15, 0.2) is 30.3 Å². The molecule has 1 saturated carbocycles. The van der Waals surface area contributed by atoms with Gasteiger partial charge < -0.3 is 5.32 Å². The fourth-order valence-corrected chi connectivity index (χ4v) is 3.70. The van der Waals surface area contributed by atoms with E-state index in [4.69, 9.17) is 16.7 Å². The number of nitrogens with one attached hydrogen (secondary N) is 1. The van der Waals surface area contributed by atoms with Crippen molar-refractivity contribution in [1.29, 1.82) is 0 Å². The second-order valence-electron chi connectivity index (χ2n) is 8.27. The molecule has 1 aromatic carbocycles. The Hall–Kier alpha value is -1.81. The molecular weight excluding hydrogens is 346 g/mol. The van der Waals surface area contributed by atoms with Crippen LogP contribution in [0.3, 0.4) is 0 Å². The van der Waals surface area contributed by atoms with Gasteiger partial charge in [0.1, 0.15) is 5.82 Å². The topological polar surface area (TPSA) is 46.9 Å². The third-order valence-electron chi connectivity index (χ3n) is 5.08. The minimum Gasteiger partial charge on any atom is -0.311 e. The van der Waals surface area contributed by atoms with E-state index in [9.17, 15) is 4.79 Å². The summed E-state index contributed by atoms with van der Waals surface area (Å²) in [6.45, 7) is 6.33. The van der Waals surface area contributed by atoms with Crippen LogP contribution in [0.2, 0.25) is 5.02 Å². The zero-order chi connectivity index (χ0) is 18.7. The highest BCUT2D eigenvalue weighted by Gasteiger charge is 2.23. The summed E-state index contributed by atoms with van der Waals surface area (Å²) < 4.78 is 1.75. The molecule has 1 heterocycles.